The van der Waals surface area contributed by atoms with Gasteiger partial charge in [-0.15, -0.1) is 0 Å². The van der Waals surface area contributed by atoms with Crippen molar-refractivity contribution < 1.29 is 14.3 Å². The normalized spacial score (nSPS) is 48.9. The highest BCUT2D eigenvalue weighted by atomic mass is 16.5. The molecule has 146 valence electrons. The Bertz CT molecular complexity index is 598. The molecule has 0 aromatic heterocycles. The van der Waals surface area contributed by atoms with E-state index in [-0.39, 0.29) is 12.1 Å². The minimum Gasteiger partial charge on any atom is -0.463 e. The lowest BCUT2D eigenvalue weighted by atomic mass is 9.44. The van der Waals surface area contributed by atoms with Crippen LogP contribution in [0.25, 0.3) is 0 Å². The van der Waals surface area contributed by atoms with E-state index in [0.29, 0.717) is 28.4 Å². The maximum Gasteiger partial charge on any atom is 0.302 e. The molecular weight excluding hydrogens is 324 g/mol. The van der Waals surface area contributed by atoms with E-state index in [9.17, 15) is 9.59 Å². The van der Waals surface area contributed by atoms with Gasteiger partial charge in [-0.1, -0.05) is 13.8 Å². The van der Waals surface area contributed by atoms with Crippen molar-refractivity contribution in [3.63, 3.8) is 0 Å². The Kier molecular flexibility index (Phi) is 4.51. The standard InChI is InChI=1S/C23H36O3/c1-14(26-15(2)24)19-7-8-20-18-6-5-16-13-17(25)9-11-22(16,3)21(18)10-12-23(19,20)4/h14,16,18-21H,5-13H2,1-4H3/t14?,16-,18?,19?,20?,21?,22?,23?/m0/s1. The fourth-order valence-electron chi connectivity index (χ4n) is 8.20. The molecule has 0 aromatic rings. The summed E-state index contributed by atoms with van der Waals surface area (Å²) in [6.45, 7) is 8.65. The molecule has 0 amide bonds. The van der Waals surface area contributed by atoms with Crippen molar-refractivity contribution in [3.8, 4) is 0 Å². The zero-order valence-electron chi connectivity index (χ0n) is 17.1. The highest BCUT2D eigenvalue weighted by molar-refractivity contribution is 5.79. The molecule has 0 N–H and O–H groups in total. The van der Waals surface area contributed by atoms with Gasteiger partial charge in [-0.25, -0.2) is 0 Å². The van der Waals surface area contributed by atoms with Crippen LogP contribution in [0, 0.1) is 40.4 Å². The average Bonchev–Trinajstić information content (AvgIpc) is 2.92. The Labute approximate surface area is 158 Å². The zero-order chi connectivity index (χ0) is 18.7. The lowest BCUT2D eigenvalue weighted by Crippen LogP contribution is -2.54. The molecular formula is C23H36O3. The number of esters is 1. The number of rotatable bonds is 2. The molecule has 0 radical (unpaired) electrons. The van der Waals surface area contributed by atoms with Gasteiger partial charge >= 0.3 is 5.97 Å². The van der Waals surface area contributed by atoms with Gasteiger partial charge in [-0.3, -0.25) is 9.59 Å². The second-order valence-electron chi connectivity index (χ2n) is 10.4. The van der Waals surface area contributed by atoms with Crippen LogP contribution in [-0.2, 0) is 14.3 Å². The van der Waals surface area contributed by atoms with Gasteiger partial charge in [-0.05, 0) is 86.4 Å². The van der Waals surface area contributed by atoms with E-state index in [0.717, 1.165) is 37.0 Å². The second-order valence-corrected chi connectivity index (χ2v) is 10.4. The Hall–Kier alpha value is -0.860. The van der Waals surface area contributed by atoms with Crippen LogP contribution in [0.4, 0.5) is 0 Å². The second kappa shape index (κ2) is 6.34. The van der Waals surface area contributed by atoms with E-state index in [1.807, 2.05) is 0 Å². The molecule has 3 heteroatoms. The van der Waals surface area contributed by atoms with Gasteiger partial charge in [0.05, 0.1) is 0 Å². The van der Waals surface area contributed by atoms with Crippen molar-refractivity contribution in [2.24, 2.45) is 40.4 Å². The topological polar surface area (TPSA) is 43.4 Å². The van der Waals surface area contributed by atoms with Crippen molar-refractivity contribution in [1.82, 2.24) is 0 Å². The van der Waals surface area contributed by atoms with Crippen LogP contribution < -0.4 is 0 Å². The number of hydrogen-bond acceptors (Lipinski definition) is 3. The van der Waals surface area contributed by atoms with Crippen molar-refractivity contribution in [2.75, 3.05) is 0 Å². The van der Waals surface area contributed by atoms with Crippen molar-refractivity contribution in [2.45, 2.75) is 91.6 Å². The smallest absolute Gasteiger partial charge is 0.302 e. The third kappa shape index (κ3) is 2.67. The van der Waals surface area contributed by atoms with Crippen molar-refractivity contribution >= 4 is 11.8 Å². The SMILES string of the molecule is CC(=O)OC(C)C1CCC2C3CC[C@H]4CC(=O)CCC4(C)C3CCC12C. The Morgan fingerprint density at radius 1 is 1.04 bits per heavy atom. The molecule has 3 nitrogen and oxygen atoms in total. The van der Waals surface area contributed by atoms with Gasteiger partial charge in [0.15, 0.2) is 0 Å². The highest BCUT2D eigenvalue weighted by Gasteiger charge is 2.61. The van der Waals surface area contributed by atoms with E-state index in [1.165, 1.54) is 45.4 Å². The number of ketones is 1. The number of ether oxygens (including phenoxy) is 1. The summed E-state index contributed by atoms with van der Waals surface area (Å²) in [5.41, 5.74) is 0.710. The number of Topliss-reactive ketones (excluding diaryl/α,β-unsaturated/α-hetero) is 1. The van der Waals surface area contributed by atoms with Gasteiger partial charge in [0.1, 0.15) is 11.9 Å². The molecule has 7 unspecified atom stereocenters. The molecule has 0 heterocycles. The Morgan fingerprint density at radius 2 is 1.77 bits per heavy atom. The Balaban J connectivity index is 1.56. The number of carbonyl (C=O) groups is 2. The summed E-state index contributed by atoms with van der Waals surface area (Å²) < 4.78 is 5.63. The first-order chi connectivity index (χ1) is 12.3. The molecule has 26 heavy (non-hydrogen) atoms. The largest absolute Gasteiger partial charge is 0.463 e. The van der Waals surface area contributed by atoms with Crippen molar-refractivity contribution in [3.05, 3.63) is 0 Å². The van der Waals surface area contributed by atoms with Gasteiger partial charge < -0.3 is 4.74 Å². The molecule has 0 aromatic carbocycles. The first kappa shape index (κ1) is 18.5. The van der Waals surface area contributed by atoms with E-state index in [2.05, 4.69) is 20.8 Å². The summed E-state index contributed by atoms with van der Waals surface area (Å²) in [5, 5.41) is 0. The van der Waals surface area contributed by atoms with Crippen LogP contribution in [0.5, 0.6) is 0 Å². The van der Waals surface area contributed by atoms with E-state index >= 15 is 0 Å². The molecule has 4 saturated carbocycles. The number of fused-ring (bicyclic) bond motifs is 5. The average molecular weight is 361 g/mol. The van der Waals surface area contributed by atoms with E-state index in [1.54, 1.807) is 0 Å². The lowest BCUT2D eigenvalue weighted by molar-refractivity contribution is -0.156. The van der Waals surface area contributed by atoms with Crippen LogP contribution in [0.15, 0.2) is 0 Å². The molecule has 4 aliphatic carbocycles. The number of hydrogen-bond donors (Lipinski definition) is 0. The van der Waals surface area contributed by atoms with Crippen LogP contribution >= 0.6 is 0 Å². The van der Waals surface area contributed by atoms with Gasteiger partial charge in [0.25, 0.3) is 0 Å². The first-order valence-corrected chi connectivity index (χ1v) is 10.9. The predicted molar refractivity (Wildman–Crippen MR) is 101 cm³/mol. The minimum atomic E-state index is -0.141. The molecule has 8 atom stereocenters. The summed E-state index contributed by atoms with van der Waals surface area (Å²) in [5.74, 6) is 3.90. The van der Waals surface area contributed by atoms with Crippen LogP contribution in [0.1, 0.15) is 85.5 Å². The predicted octanol–water partition coefficient (Wildman–Crippen LogP) is 5.17. The third-order valence-corrected chi connectivity index (χ3v) is 9.47. The molecule has 0 bridgehead atoms. The maximum absolute atomic E-state index is 12.0. The summed E-state index contributed by atoms with van der Waals surface area (Å²) in [7, 11) is 0. The minimum absolute atomic E-state index is 0.0401. The highest BCUT2D eigenvalue weighted by Crippen LogP contribution is 2.67. The lowest BCUT2D eigenvalue weighted by Gasteiger charge is -2.60. The Morgan fingerprint density at radius 3 is 2.50 bits per heavy atom. The molecule has 0 aliphatic heterocycles. The maximum atomic E-state index is 12.0. The fraction of sp³-hybridized carbons (Fsp3) is 0.913. The molecule has 4 fully saturated rings. The molecule has 4 aliphatic rings. The van der Waals surface area contributed by atoms with Crippen LogP contribution in [0.3, 0.4) is 0 Å². The van der Waals surface area contributed by atoms with Gasteiger partial charge in [-0.2, -0.15) is 0 Å². The zero-order valence-corrected chi connectivity index (χ0v) is 17.1. The van der Waals surface area contributed by atoms with E-state index < -0.39 is 0 Å². The fourth-order valence-corrected chi connectivity index (χ4v) is 8.20. The van der Waals surface area contributed by atoms with Crippen molar-refractivity contribution in [1.29, 1.82) is 0 Å². The summed E-state index contributed by atoms with van der Waals surface area (Å²) in [6, 6.07) is 0. The van der Waals surface area contributed by atoms with Crippen LogP contribution in [0.2, 0.25) is 0 Å². The third-order valence-electron chi connectivity index (χ3n) is 9.47. The van der Waals surface area contributed by atoms with E-state index in [4.69, 9.17) is 4.74 Å². The summed E-state index contributed by atoms with van der Waals surface area (Å²) in [6.07, 6.45) is 10.5. The molecule has 4 rings (SSSR count). The molecule has 0 saturated heterocycles. The molecule has 0 spiro atoms. The summed E-state index contributed by atoms with van der Waals surface area (Å²) >= 11 is 0. The monoisotopic (exact) mass is 360 g/mol. The quantitative estimate of drug-likeness (QED) is 0.638. The van der Waals surface area contributed by atoms with Gasteiger partial charge in [0, 0.05) is 25.7 Å². The number of carbonyl (C=O) groups excluding carboxylic acids is 2. The summed E-state index contributed by atoms with van der Waals surface area (Å²) in [4.78, 5) is 23.5. The van der Waals surface area contributed by atoms with Gasteiger partial charge in [0.2, 0.25) is 0 Å². The first-order valence-electron chi connectivity index (χ1n) is 10.9. The van der Waals surface area contributed by atoms with Crippen LogP contribution in [-0.4, -0.2) is 17.9 Å².